The van der Waals surface area contributed by atoms with Crippen LogP contribution in [0.4, 0.5) is 0 Å². The average Bonchev–Trinajstić information content (AvgIpc) is 2.55. The zero-order chi connectivity index (χ0) is 11.8. The predicted molar refractivity (Wildman–Crippen MR) is 69.9 cm³/mol. The van der Waals surface area contributed by atoms with Crippen LogP contribution >= 0.6 is 11.6 Å². The molecule has 88 valence electrons. The maximum atomic E-state index is 11.8. The largest absolute Gasteiger partial charge is 0.299 e. The highest BCUT2D eigenvalue weighted by Crippen LogP contribution is 2.42. The van der Waals surface area contributed by atoms with E-state index in [9.17, 15) is 4.79 Å². The predicted octanol–water partition coefficient (Wildman–Crippen LogP) is 4.11. The Morgan fingerprint density at radius 1 is 1.06 bits per heavy atom. The van der Waals surface area contributed by atoms with E-state index in [0.29, 0.717) is 17.6 Å². The van der Waals surface area contributed by atoms with Crippen LogP contribution in [0, 0.1) is 11.8 Å². The smallest absolute Gasteiger partial charge is 0.139 e. The minimum atomic E-state index is 0.312. The van der Waals surface area contributed by atoms with Gasteiger partial charge in [-0.2, -0.15) is 0 Å². The summed E-state index contributed by atoms with van der Waals surface area (Å²) in [6, 6.07) is 7.90. The Bertz CT molecular complexity index is 454. The molecule has 0 spiro atoms. The van der Waals surface area contributed by atoms with Gasteiger partial charge >= 0.3 is 0 Å². The van der Waals surface area contributed by atoms with E-state index in [1.165, 1.54) is 11.1 Å². The topological polar surface area (TPSA) is 17.1 Å². The maximum Gasteiger partial charge on any atom is 0.139 e. The second-order valence-corrected chi connectivity index (χ2v) is 5.57. The standard InChI is InChI=1S/C15H15ClO/c16-14-5-1-10(2-6-14)7-11-8-12-3-4-13(9-11)15(12)17/h1-2,5-7,12-13H,3-4,8-9H2. The first-order valence-electron chi connectivity index (χ1n) is 6.21. The minimum absolute atomic E-state index is 0.312. The third kappa shape index (κ3) is 2.16. The van der Waals surface area contributed by atoms with Gasteiger partial charge in [-0.25, -0.2) is 0 Å². The fraction of sp³-hybridized carbons (Fsp3) is 0.400. The summed E-state index contributed by atoms with van der Waals surface area (Å²) in [6.07, 6.45) is 6.37. The molecule has 2 heteroatoms. The molecule has 2 fully saturated rings. The second-order valence-electron chi connectivity index (χ2n) is 5.14. The van der Waals surface area contributed by atoms with Crippen molar-refractivity contribution in [3.05, 3.63) is 40.4 Å². The first-order chi connectivity index (χ1) is 8.22. The molecule has 0 radical (unpaired) electrons. The zero-order valence-corrected chi connectivity index (χ0v) is 10.4. The van der Waals surface area contributed by atoms with E-state index in [0.717, 1.165) is 30.7 Å². The van der Waals surface area contributed by atoms with Gasteiger partial charge in [0.2, 0.25) is 0 Å². The fourth-order valence-corrected chi connectivity index (χ4v) is 3.18. The lowest BCUT2D eigenvalue weighted by Gasteiger charge is -2.20. The third-order valence-corrected chi connectivity index (χ3v) is 4.18. The molecule has 1 aromatic rings. The number of rotatable bonds is 1. The van der Waals surface area contributed by atoms with Crippen LogP contribution in [0.1, 0.15) is 31.2 Å². The Labute approximate surface area is 106 Å². The number of allylic oxidation sites excluding steroid dienone is 1. The molecule has 2 bridgehead atoms. The molecule has 2 atom stereocenters. The molecule has 2 aliphatic carbocycles. The van der Waals surface area contributed by atoms with Crippen molar-refractivity contribution in [2.24, 2.45) is 11.8 Å². The van der Waals surface area contributed by atoms with Crippen LogP contribution in [0.5, 0.6) is 0 Å². The van der Waals surface area contributed by atoms with E-state index >= 15 is 0 Å². The number of hydrogen-bond acceptors (Lipinski definition) is 1. The highest BCUT2D eigenvalue weighted by atomic mass is 35.5. The third-order valence-electron chi connectivity index (χ3n) is 3.93. The SMILES string of the molecule is O=C1C2CCC1CC(=Cc1ccc(Cl)cc1)C2. The van der Waals surface area contributed by atoms with Crippen molar-refractivity contribution in [1.82, 2.24) is 0 Å². The molecule has 0 N–H and O–H groups in total. The van der Waals surface area contributed by atoms with Crippen molar-refractivity contribution in [3.63, 3.8) is 0 Å². The summed E-state index contributed by atoms with van der Waals surface area (Å²) >= 11 is 5.86. The monoisotopic (exact) mass is 246 g/mol. The van der Waals surface area contributed by atoms with Gasteiger partial charge in [-0.1, -0.05) is 35.4 Å². The molecule has 1 nitrogen and oxygen atoms in total. The molecular formula is C15H15ClO. The summed E-state index contributed by atoms with van der Waals surface area (Å²) in [5.41, 5.74) is 2.62. The first-order valence-corrected chi connectivity index (χ1v) is 6.59. The quantitative estimate of drug-likeness (QED) is 0.729. The molecule has 1 aromatic carbocycles. The Morgan fingerprint density at radius 3 is 2.24 bits per heavy atom. The van der Waals surface area contributed by atoms with Gasteiger partial charge in [0.25, 0.3) is 0 Å². The Balaban J connectivity index is 1.82. The van der Waals surface area contributed by atoms with E-state index in [4.69, 9.17) is 11.6 Å². The molecule has 0 heterocycles. The number of halogens is 1. The highest BCUT2D eigenvalue weighted by Gasteiger charge is 2.38. The van der Waals surface area contributed by atoms with Crippen LogP contribution < -0.4 is 0 Å². The van der Waals surface area contributed by atoms with Gasteiger partial charge in [0, 0.05) is 16.9 Å². The molecule has 2 saturated carbocycles. The van der Waals surface area contributed by atoms with Gasteiger partial charge in [0.1, 0.15) is 5.78 Å². The van der Waals surface area contributed by atoms with Gasteiger partial charge in [-0.05, 0) is 43.4 Å². The van der Waals surface area contributed by atoms with E-state index in [1.807, 2.05) is 24.3 Å². The first kappa shape index (κ1) is 11.0. The zero-order valence-electron chi connectivity index (χ0n) is 9.66. The molecule has 0 amide bonds. The molecule has 3 rings (SSSR count). The number of fused-ring (bicyclic) bond motifs is 2. The normalized spacial score (nSPS) is 27.4. The van der Waals surface area contributed by atoms with Gasteiger partial charge in [0.05, 0.1) is 0 Å². The van der Waals surface area contributed by atoms with Crippen molar-refractivity contribution in [3.8, 4) is 0 Å². The summed E-state index contributed by atoms with van der Waals surface area (Å²) in [4.78, 5) is 11.8. The van der Waals surface area contributed by atoms with Crippen LogP contribution in [0.3, 0.4) is 0 Å². The number of Topliss-reactive ketones (excluding diaryl/α,β-unsaturated/α-hetero) is 1. The molecule has 17 heavy (non-hydrogen) atoms. The van der Waals surface area contributed by atoms with E-state index in [1.54, 1.807) is 0 Å². The van der Waals surface area contributed by atoms with Crippen molar-refractivity contribution >= 4 is 23.5 Å². The molecular weight excluding hydrogens is 232 g/mol. The molecule has 0 saturated heterocycles. The summed E-state index contributed by atoms with van der Waals surface area (Å²) in [5.74, 6) is 1.14. The molecule has 2 aliphatic rings. The van der Waals surface area contributed by atoms with Crippen molar-refractivity contribution in [2.45, 2.75) is 25.7 Å². The van der Waals surface area contributed by atoms with Gasteiger partial charge in [-0.3, -0.25) is 4.79 Å². The number of carbonyl (C=O) groups is 1. The summed E-state index contributed by atoms with van der Waals surface area (Å²) < 4.78 is 0. The van der Waals surface area contributed by atoms with E-state index in [-0.39, 0.29) is 0 Å². The minimum Gasteiger partial charge on any atom is -0.299 e. The van der Waals surface area contributed by atoms with Crippen molar-refractivity contribution in [2.75, 3.05) is 0 Å². The Kier molecular flexibility index (Phi) is 2.79. The van der Waals surface area contributed by atoms with Crippen LogP contribution in [0.2, 0.25) is 5.02 Å². The van der Waals surface area contributed by atoms with Gasteiger partial charge in [-0.15, -0.1) is 0 Å². The van der Waals surface area contributed by atoms with Crippen LogP contribution in [-0.2, 0) is 4.79 Å². The molecule has 0 aliphatic heterocycles. The van der Waals surface area contributed by atoms with Crippen LogP contribution in [0.25, 0.3) is 6.08 Å². The van der Waals surface area contributed by atoms with Gasteiger partial charge < -0.3 is 0 Å². The number of benzene rings is 1. The summed E-state index contributed by atoms with van der Waals surface area (Å²) in [5, 5.41) is 0.769. The van der Waals surface area contributed by atoms with E-state index in [2.05, 4.69) is 6.08 Å². The Morgan fingerprint density at radius 2 is 1.65 bits per heavy atom. The highest BCUT2D eigenvalue weighted by molar-refractivity contribution is 6.30. The number of carbonyl (C=O) groups excluding carboxylic acids is 1. The lowest BCUT2D eigenvalue weighted by molar-refractivity contribution is -0.124. The van der Waals surface area contributed by atoms with E-state index < -0.39 is 0 Å². The molecule has 2 unspecified atom stereocenters. The lowest BCUT2D eigenvalue weighted by atomic mass is 9.83. The van der Waals surface area contributed by atoms with Crippen molar-refractivity contribution in [1.29, 1.82) is 0 Å². The fourth-order valence-electron chi connectivity index (χ4n) is 3.05. The Hall–Kier alpha value is -1.08. The van der Waals surface area contributed by atoms with Crippen molar-refractivity contribution < 1.29 is 4.79 Å². The summed E-state index contributed by atoms with van der Waals surface area (Å²) in [6.45, 7) is 0. The van der Waals surface area contributed by atoms with Gasteiger partial charge in [0.15, 0.2) is 0 Å². The van der Waals surface area contributed by atoms with Crippen LogP contribution in [0.15, 0.2) is 29.8 Å². The lowest BCUT2D eigenvalue weighted by Crippen LogP contribution is -2.20. The number of ketones is 1. The maximum absolute atomic E-state index is 11.8. The molecule has 0 aromatic heterocycles. The average molecular weight is 247 g/mol. The number of hydrogen-bond donors (Lipinski definition) is 0. The van der Waals surface area contributed by atoms with Crippen LogP contribution in [-0.4, -0.2) is 5.78 Å². The summed E-state index contributed by atoms with van der Waals surface area (Å²) in [7, 11) is 0. The second kappa shape index (κ2) is 4.30.